The summed E-state index contributed by atoms with van der Waals surface area (Å²) in [6.45, 7) is 2.56. The Morgan fingerprint density at radius 1 is 1.31 bits per heavy atom. The van der Waals surface area contributed by atoms with Gasteiger partial charge in [0.05, 0.1) is 18.0 Å². The molecule has 5 nitrogen and oxygen atoms in total. The minimum Gasteiger partial charge on any atom is -0.494 e. The molecule has 0 saturated carbocycles. The minimum atomic E-state index is 0.241. The second-order valence-electron chi connectivity index (χ2n) is 5.19. The van der Waals surface area contributed by atoms with Gasteiger partial charge in [0, 0.05) is 15.4 Å². The summed E-state index contributed by atoms with van der Waals surface area (Å²) in [4.78, 5) is 4.53. The number of hydrogen-bond donors (Lipinski definition) is 1. The monoisotopic (exact) mass is 426 g/mol. The van der Waals surface area contributed by atoms with E-state index in [1.807, 2.05) is 60.8 Å². The molecule has 0 bridgehead atoms. The van der Waals surface area contributed by atoms with Crippen LogP contribution in [0.4, 0.5) is 5.69 Å². The molecule has 2 aromatic carbocycles. The zero-order chi connectivity index (χ0) is 18.4. The second-order valence-corrected chi connectivity index (χ2v) is 6.96. The molecule has 0 amide bonds. The summed E-state index contributed by atoms with van der Waals surface area (Å²) < 4.78 is 6.38. The van der Waals surface area contributed by atoms with Gasteiger partial charge in [-0.3, -0.25) is 5.43 Å². The van der Waals surface area contributed by atoms with Crippen LogP contribution in [0.15, 0.2) is 63.5 Å². The van der Waals surface area contributed by atoms with Gasteiger partial charge >= 0.3 is 0 Å². The van der Waals surface area contributed by atoms with Crippen LogP contribution >= 0.6 is 27.3 Å². The topological polar surface area (TPSA) is 70.3 Å². The molecule has 1 heterocycles. The summed E-state index contributed by atoms with van der Waals surface area (Å²) in [6.07, 6.45) is 0. The number of nitrogens with zero attached hydrogens (tertiary/aromatic N) is 3. The van der Waals surface area contributed by atoms with Gasteiger partial charge in [-0.05, 0) is 43.3 Å². The molecule has 1 aromatic heterocycles. The number of anilines is 1. The number of aromatic nitrogens is 1. The smallest absolute Gasteiger partial charge is 0.196 e. The highest BCUT2D eigenvalue weighted by molar-refractivity contribution is 9.10. The Labute approximate surface area is 164 Å². The molecule has 7 heteroatoms. The lowest BCUT2D eigenvalue weighted by molar-refractivity contribution is 0.340. The zero-order valence-corrected chi connectivity index (χ0v) is 16.3. The minimum absolute atomic E-state index is 0.241. The van der Waals surface area contributed by atoms with Crippen LogP contribution in [0, 0.1) is 11.3 Å². The maximum absolute atomic E-state index is 9.41. The van der Waals surface area contributed by atoms with Crippen molar-refractivity contribution in [1.29, 1.82) is 5.26 Å². The molecule has 0 atom stereocenters. The van der Waals surface area contributed by atoms with Crippen LogP contribution in [-0.2, 0) is 0 Å². The summed E-state index contributed by atoms with van der Waals surface area (Å²) in [5.41, 5.74) is 5.70. The number of nitrogens with one attached hydrogen (secondary N) is 1. The van der Waals surface area contributed by atoms with Gasteiger partial charge in [0.1, 0.15) is 11.8 Å². The molecule has 3 rings (SSSR count). The zero-order valence-electron chi connectivity index (χ0n) is 13.9. The third-order valence-corrected chi connectivity index (χ3v) is 4.74. The van der Waals surface area contributed by atoms with Crippen LogP contribution in [0.3, 0.4) is 0 Å². The molecule has 0 fully saturated rings. The lowest BCUT2D eigenvalue weighted by Crippen LogP contribution is -2.01. The largest absolute Gasteiger partial charge is 0.494 e. The Morgan fingerprint density at radius 2 is 2.12 bits per heavy atom. The van der Waals surface area contributed by atoms with Crippen LogP contribution in [0.25, 0.3) is 11.3 Å². The average Bonchev–Trinajstić information content (AvgIpc) is 3.14. The van der Waals surface area contributed by atoms with E-state index in [1.165, 1.54) is 11.3 Å². The van der Waals surface area contributed by atoms with Gasteiger partial charge in [0.25, 0.3) is 0 Å². The number of halogens is 1. The predicted octanol–water partition coefficient (Wildman–Crippen LogP) is 5.31. The van der Waals surface area contributed by atoms with Gasteiger partial charge in [0.2, 0.25) is 0 Å². The standard InChI is InChI=1S/C19H15BrN4OS/c1-2-25-16-8-6-15(7-9-16)23-24-17(11-21)19-22-18(12-26-19)13-4-3-5-14(20)10-13/h3-10,12,23H,2H2,1H3/b24-17+. The van der Waals surface area contributed by atoms with Crippen molar-refractivity contribution >= 4 is 38.7 Å². The van der Waals surface area contributed by atoms with E-state index in [0.717, 1.165) is 27.2 Å². The van der Waals surface area contributed by atoms with E-state index < -0.39 is 0 Å². The van der Waals surface area contributed by atoms with E-state index in [9.17, 15) is 5.26 Å². The number of hydrogen-bond acceptors (Lipinski definition) is 6. The van der Waals surface area contributed by atoms with E-state index in [1.54, 1.807) is 0 Å². The van der Waals surface area contributed by atoms with Gasteiger partial charge in [-0.2, -0.15) is 10.4 Å². The van der Waals surface area contributed by atoms with Crippen LogP contribution < -0.4 is 10.2 Å². The number of rotatable bonds is 6. The molecule has 3 aromatic rings. The summed E-state index contributed by atoms with van der Waals surface area (Å²) in [7, 11) is 0. The van der Waals surface area contributed by atoms with Crippen LogP contribution in [-0.4, -0.2) is 17.3 Å². The fourth-order valence-electron chi connectivity index (χ4n) is 2.20. The maximum Gasteiger partial charge on any atom is 0.196 e. The summed E-state index contributed by atoms with van der Waals surface area (Å²) >= 11 is 4.84. The average molecular weight is 427 g/mol. The van der Waals surface area contributed by atoms with E-state index >= 15 is 0 Å². The Kier molecular flexibility index (Phi) is 6.00. The van der Waals surface area contributed by atoms with Crippen molar-refractivity contribution < 1.29 is 4.74 Å². The lowest BCUT2D eigenvalue weighted by Gasteiger charge is -2.04. The SMILES string of the molecule is CCOc1ccc(N/N=C(\C#N)c2nc(-c3cccc(Br)c3)cs2)cc1. The summed E-state index contributed by atoms with van der Waals surface area (Å²) in [5.74, 6) is 0.793. The van der Waals surface area contributed by atoms with Crippen LogP contribution in [0.2, 0.25) is 0 Å². The molecule has 0 aliphatic carbocycles. The third kappa shape index (κ3) is 4.48. The Morgan fingerprint density at radius 3 is 2.81 bits per heavy atom. The molecular weight excluding hydrogens is 412 g/mol. The maximum atomic E-state index is 9.41. The molecule has 0 unspecified atom stereocenters. The molecule has 0 aliphatic heterocycles. The van der Waals surface area contributed by atoms with Gasteiger partial charge in [-0.15, -0.1) is 11.3 Å². The second kappa shape index (κ2) is 8.61. The molecule has 26 heavy (non-hydrogen) atoms. The van der Waals surface area contributed by atoms with Gasteiger partial charge in [-0.1, -0.05) is 28.1 Å². The van der Waals surface area contributed by atoms with E-state index in [-0.39, 0.29) is 5.71 Å². The highest BCUT2D eigenvalue weighted by Gasteiger charge is 2.10. The van der Waals surface area contributed by atoms with E-state index in [2.05, 4.69) is 37.5 Å². The highest BCUT2D eigenvalue weighted by atomic mass is 79.9. The molecular formula is C19H15BrN4OS. The Hall–Kier alpha value is -2.69. The first-order valence-corrected chi connectivity index (χ1v) is 9.55. The molecule has 130 valence electrons. The molecule has 0 radical (unpaired) electrons. The number of nitriles is 1. The molecule has 0 aliphatic rings. The third-order valence-electron chi connectivity index (χ3n) is 3.40. The number of benzene rings is 2. The van der Waals surface area contributed by atoms with Gasteiger partial charge in [-0.25, -0.2) is 4.98 Å². The number of hydrazone groups is 1. The Balaban J connectivity index is 1.76. The molecule has 0 spiro atoms. The number of ether oxygens (including phenoxy) is 1. The van der Waals surface area contributed by atoms with E-state index in [4.69, 9.17) is 4.74 Å². The fourth-order valence-corrected chi connectivity index (χ4v) is 3.36. The molecule has 1 N–H and O–H groups in total. The summed E-state index contributed by atoms with van der Waals surface area (Å²) in [6, 6.07) is 17.4. The Bertz CT molecular complexity index is 960. The van der Waals surface area contributed by atoms with Crippen molar-refractivity contribution in [2.24, 2.45) is 5.10 Å². The van der Waals surface area contributed by atoms with Crippen molar-refractivity contribution in [3.8, 4) is 23.1 Å². The normalized spacial score (nSPS) is 11.0. The summed E-state index contributed by atoms with van der Waals surface area (Å²) in [5, 5.41) is 16.1. The predicted molar refractivity (Wildman–Crippen MR) is 109 cm³/mol. The van der Waals surface area contributed by atoms with Gasteiger partial charge in [0.15, 0.2) is 10.7 Å². The van der Waals surface area contributed by atoms with Crippen molar-refractivity contribution in [3.05, 3.63) is 63.4 Å². The van der Waals surface area contributed by atoms with E-state index in [0.29, 0.717) is 11.6 Å². The van der Waals surface area contributed by atoms with Crippen LogP contribution in [0.5, 0.6) is 5.75 Å². The van der Waals surface area contributed by atoms with Crippen molar-refractivity contribution in [2.75, 3.05) is 12.0 Å². The lowest BCUT2D eigenvalue weighted by atomic mass is 10.2. The molecule has 0 saturated heterocycles. The first-order chi connectivity index (χ1) is 12.7. The van der Waals surface area contributed by atoms with Crippen molar-refractivity contribution in [1.82, 2.24) is 4.98 Å². The highest BCUT2D eigenvalue weighted by Crippen LogP contribution is 2.25. The number of thiazole rings is 1. The fraction of sp³-hybridized carbons (Fsp3) is 0.105. The van der Waals surface area contributed by atoms with Crippen molar-refractivity contribution in [2.45, 2.75) is 6.92 Å². The van der Waals surface area contributed by atoms with Gasteiger partial charge < -0.3 is 4.74 Å². The first-order valence-electron chi connectivity index (χ1n) is 7.88. The first kappa shape index (κ1) is 18.1. The van der Waals surface area contributed by atoms with Crippen LogP contribution in [0.1, 0.15) is 11.9 Å². The van der Waals surface area contributed by atoms with Crippen molar-refractivity contribution in [3.63, 3.8) is 0 Å². The quantitative estimate of drug-likeness (QED) is 0.428.